The summed E-state index contributed by atoms with van der Waals surface area (Å²) in [6.45, 7) is -0.405. The molecule has 0 aromatic carbocycles. The zero-order chi connectivity index (χ0) is 18.3. The van der Waals surface area contributed by atoms with Crippen molar-refractivity contribution in [3.63, 3.8) is 0 Å². The summed E-state index contributed by atoms with van der Waals surface area (Å²) >= 11 is 1.56. The van der Waals surface area contributed by atoms with Gasteiger partial charge in [-0.25, -0.2) is 19.9 Å². The van der Waals surface area contributed by atoms with Crippen molar-refractivity contribution in [1.29, 1.82) is 0 Å². The quantitative estimate of drug-likeness (QED) is 0.450. The fourth-order valence-corrected chi connectivity index (χ4v) is 3.61. The Morgan fingerprint density at radius 1 is 1.19 bits per heavy atom. The van der Waals surface area contributed by atoms with E-state index in [2.05, 4.69) is 19.9 Å². The Hall–Kier alpha value is -2.18. The Morgan fingerprint density at radius 3 is 2.73 bits per heavy atom. The largest absolute Gasteiger partial charge is 0.394 e. The summed E-state index contributed by atoms with van der Waals surface area (Å²) in [5.74, 6) is 0.758. The highest BCUT2D eigenvalue weighted by Crippen LogP contribution is 2.32. The number of ether oxygens (including phenoxy) is 1. The van der Waals surface area contributed by atoms with Gasteiger partial charge in [-0.15, -0.1) is 11.3 Å². The van der Waals surface area contributed by atoms with Crippen LogP contribution in [0.25, 0.3) is 11.2 Å². The van der Waals surface area contributed by atoms with Crippen LogP contribution in [0.3, 0.4) is 0 Å². The van der Waals surface area contributed by atoms with Gasteiger partial charge in [-0.3, -0.25) is 4.57 Å². The number of anilines is 1. The Kier molecular flexibility index (Phi) is 4.54. The van der Waals surface area contributed by atoms with Crippen LogP contribution in [0.2, 0.25) is 0 Å². The van der Waals surface area contributed by atoms with E-state index < -0.39 is 31.1 Å². The Bertz CT molecular complexity index is 901. The summed E-state index contributed by atoms with van der Waals surface area (Å²) in [6.07, 6.45) is 0.185. The van der Waals surface area contributed by atoms with Gasteiger partial charge in [0.2, 0.25) is 0 Å². The monoisotopic (exact) mass is 378 g/mol. The van der Waals surface area contributed by atoms with Gasteiger partial charge in [0, 0.05) is 24.4 Å². The van der Waals surface area contributed by atoms with E-state index >= 15 is 0 Å². The van der Waals surface area contributed by atoms with Crippen molar-refractivity contribution in [2.24, 2.45) is 0 Å². The molecular formula is C15H18N6O4S. The fraction of sp³-hybridized carbons (Fsp3) is 0.467. The lowest BCUT2D eigenvalue weighted by Crippen LogP contribution is -2.33. The lowest BCUT2D eigenvalue weighted by molar-refractivity contribution is -0.0511. The number of nitrogens with zero attached hydrogens (tertiary/aromatic N) is 5. The van der Waals surface area contributed by atoms with Crippen LogP contribution in [0.5, 0.6) is 0 Å². The first-order chi connectivity index (χ1) is 12.6. The lowest BCUT2D eigenvalue weighted by Gasteiger charge is -2.16. The molecular weight excluding hydrogens is 360 g/mol. The van der Waals surface area contributed by atoms with Crippen molar-refractivity contribution in [3.8, 4) is 0 Å². The molecule has 4 atom stereocenters. The minimum Gasteiger partial charge on any atom is -0.394 e. The molecule has 0 amide bonds. The molecule has 4 heterocycles. The van der Waals surface area contributed by atoms with Gasteiger partial charge in [0.1, 0.15) is 29.7 Å². The number of aliphatic hydroxyl groups is 3. The van der Waals surface area contributed by atoms with E-state index in [1.54, 1.807) is 17.5 Å². The maximum absolute atomic E-state index is 10.2. The van der Waals surface area contributed by atoms with Crippen LogP contribution in [0, 0.1) is 0 Å². The van der Waals surface area contributed by atoms with Gasteiger partial charge in [-0.05, 0) is 0 Å². The second-order valence-electron chi connectivity index (χ2n) is 6.00. The smallest absolute Gasteiger partial charge is 0.167 e. The van der Waals surface area contributed by atoms with Crippen molar-refractivity contribution < 1.29 is 20.1 Å². The molecule has 0 spiro atoms. The van der Waals surface area contributed by atoms with Crippen LogP contribution in [0.15, 0.2) is 17.9 Å². The first kappa shape index (κ1) is 17.2. The first-order valence-electron chi connectivity index (χ1n) is 8.08. The number of thiazole rings is 1. The summed E-state index contributed by atoms with van der Waals surface area (Å²) in [4.78, 5) is 17.2. The van der Waals surface area contributed by atoms with Crippen LogP contribution in [-0.2, 0) is 17.6 Å². The van der Waals surface area contributed by atoms with Crippen molar-refractivity contribution in [1.82, 2.24) is 24.5 Å². The summed E-state index contributed by atoms with van der Waals surface area (Å²) < 4.78 is 7.05. The molecule has 1 aliphatic rings. The van der Waals surface area contributed by atoms with Crippen molar-refractivity contribution >= 4 is 28.3 Å². The second kappa shape index (κ2) is 6.85. The Morgan fingerprint density at radius 2 is 2.04 bits per heavy atom. The normalized spacial score (nSPS) is 26.0. The Labute approximate surface area is 151 Å². The molecule has 0 saturated carbocycles. The van der Waals surface area contributed by atoms with E-state index in [-0.39, 0.29) is 5.82 Å². The molecule has 138 valence electrons. The van der Waals surface area contributed by atoms with E-state index in [9.17, 15) is 15.3 Å². The SMILES string of the molecule is Nc1nc(CCc2nccs2)nc2c1ncn2[C@@H]1O[C@H](CO)[C@@H](O)[C@H]1O. The minimum atomic E-state index is -1.22. The number of nitrogen functional groups attached to an aromatic ring is 1. The van der Waals surface area contributed by atoms with Gasteiger partial charge >= 0.3 is 0 Å². The second-order valence-corrected chi connectivity index (χ2v) is 6.98. The number of hydrogen-bond donors (Lipinski definition) is 4. The lowest BCUT2D eigenvalue weighted by atomic mass is 10.1. The van der Waals surface area contributed by atoms with Crippen LogP contribution in [0.4, 0.5) is 5.82 Å². The third-order valence-corrected chi connectivity index (χ3v) is 5.17. The van der Waals surface area contributed by atoms with Crippen LogP contribution in [-0.4, -0.2) is 64.7 Å². The number of aliphatic hydroxyl groups excluding tert-OH is 3. The van der Waals surface area contributed by atoms with Crippen LogP contribution >= 0.6 is 11.3 Å². The standard InChI is InChI=1S/C15H18N6O4S/c16-13-10-14(20-8(19-13)1-2-9-17-3-4-26-9)21(6-18-10)15-12(24)11(23)7(5-22)25-15/h3-4,6-7,11-12,15,22-24H,1-2,5H2,(H2,16,19,20)/t7-,11-,12-,15-/m1/s1. The first-order valence-corrected chi connectivity index (χ1v) is 8.96. The van der Waals surface area contributed by atoms with E-state index in [4.69, 9.17) is 10.5 Å². The fourth-order valence-electron chi connectivity index (χ4n) is 2.99. The van der Waals surface area contributed by atoms with Crippen LogP contribution < -0.4 is 5.73 Å². The molecule has 1 aliphatic heterocycles. The molecule has 1 fully saturated rings. The number of nitrogens with two attached hydrogens (primary N) is 1. The maximum atomic E-state index is 10.2. The molecule has 0 radical (unpaired) electrons. The van der Waals surface area contributed by atoms with Crippen LogP contribution in [0.1, 0.15) is 17.1 Å². The molecule has 26 heavy (non-hydrogen) atoms. The highest BCUT2D eigenvalue weighted by Gasteiger charge is 2.44. The maximum Gasteiger partial charge on any atom is 0.167 e. The molecule has 3 aromatic heterocycles. The van der Waals surface area contributed by atoms with E-state index in [1.165, 1.54) is 10.9 Å². The van der Waals surface area contributed by atoms with Gasteiger partial charge in [0.25, 0.3) is 0 Å². The van der Waals surface area contributed by atoms with E-state index in [0.717, 1.165) is 5.01 Å². The van der Waals surface area contributed by atoms with Gasteiger partial charge in [0.15, 0.2) is 17.7 Å². The average molecular weight is 378 g/mol. The molecule has 4 rings (SSSR count). The average Bonchev–Trinajstić information content (AvgIpc) is 3.34. The minimum absolute atomic E-state index is 0.231. The Balaban J connectivity index is 1.66. The highest BCUT2D eigenvalue weighted by molar-refractivity contribution is 7.09. The highest BCUT2D eigenvalue weighted by atomic mass is 32.1. The van der Waals surface area contributed by atoms with Gasteiger partial charge in [0.05, 0.1) is 17.9 Å². The van der Waals surface area contributed by atoms with Crippen molar-refractivity contribution in [3.05, 3.63) is 28.7 Å². The third kappa shape index (κ3) is 2.93. The summed E-state index contributed by atoms with van der Waals surface area (Å²) in [7, 11) is 0. The number of rotatable bonds is 5. The molecule has 0 aliphatic carbocycles. The summed E-state index contributed by atoms with van der Waals surface area (Å²) in [5.41, 5.74) is 6.79. The third-order valence-electron chi connectivity index (χ3n) is 4.33. The number of hydrogen-bond acceptors (Lipinski definition) is 10. The number of aryl methyl sites for hydroxylation is 2. The predicted octanol–water partition coefficient (Wildman–Crippen LogP) is -0.738. The summed E-state index contributed by atoms with van der Waals surface area (Å²) in [5, 5.41) is 32.4. The molecule has 0 bridgehead atoms. The molecule has 3 aromatic rings. The van der Waals surface area contributed by atoms with Gasteiger partial charge in [-0.1, -0.05) is 0 Å². The molecule has 1 saturated heterocycles. The van der Waals surface area contributed by atoms with E-state index in [1.807, 2.05) is 5.38 Å². The predicted molar refractivity (Wildman–Crippen MR) is 92.3 cm³/mol. The topological polar surface area (TPSA) is 152 Å². The van der Waals surface area contributed by atoms with Crippen molar-refractivity contribution in [2.75, 3.05) is 12.3 Å². The summed E-state index contributed by atoms with van der Waals surface area (Å²) in [6, 6.07) is 0. The number of imidazole rings is 1. The number of fused-ring (bicyclic) bond motifs is 1. The van der Waals surface area contributed by atoms with Gasteiger partial charge < -0.3 is 25.8 Å². The molecule has 5 N–H and O–H groups in total. The molecule has 11 heteroatoms. The zero-order valence-electron chi connectivity index (χ0n) is 13.6. The van der Waals surface area contributed by atoms with E-state index in [0.29, 0.717) is 29.8 Å². The molecule has 0 unspecified atom stereocenters. The number of aromatic nitrogens is 5. The van der Waals surface area contributed by atoms with Gasteiger partial charge in [-0.2, -0.15) is 0 Å². The zero-order valence-corrected chi connectivity index (χ0v) is 14.5. The molecule has 10 nitrogen and oxygen atoms in total. The van der Waals surface area contributed by atoms with Crippen molar-refractivity contribution in [2.45, 2.75) is 37.4 Å².